The summed E-state index contributed by atoms with van der Waals surface area (Å²) in [6.07, 6.45) is 0.833. The number of anilines is 1. The number of H-pyrrole nitrogens is 1. The predicted octanol–water partition coefficient (Wildman–Crippen LogP) is 2.90. The van der Waals surface area contributed by atoms with Crippen LogP contribution in [-0.4, -0.2) is 15.5 Å². The Hall–Kier alpha value is -3.93. The summed E-state index contributed by atoms with van der Waals surface area (Å²) >= 11 is 0. The number of hydrogen-bond acceptors (Lipinski definition) is 3. The van der Waals surface area contributed by atoms with Crippen LogP contribution in [0.25, 0.3) is 22.0 Å². The van der Waals surface area contributed by atoms with E-state index < -0.39 is 11.2 Å². The molecular weight excluding hydrogens is 366 g/mol. The topological polar surface area (TPSA) is 84.0 Å². The van der Waals surface area contributed by atoms with Crippen LogP contribution in [0.2, 0.25) is 0 Å². The summed E-state index contributed by atoms with van der Waals surface area (Å²) in [5.74, 6) is -0.334. The standard InChI is InChI=1S/C23H17N3O3/c27-21(13-26-20-8-4-3-7-19(20)22(28)25-23(26)29)24-16-9-10-18-15(12-16)11-14-5-1-2-6-17(14)18/h1-10,12H,11,13H2,(H,24,27)(H,25,28,29). The second kappa shape index (κ2) is 6.60. The molecule has 6 nitrogen and oxygen atoms in total. The molecule has 1 aliphatic carbocycles. The number of fused-ring (bicyclic) bond motifs is 4. The van der Waals surface area contributed by atoms with Gasteiger partial charge in [0, 0.05) is 5.69 Å². The summed E-state index contributed by atoms with van der Waals surface area (Å²) < 4.78 is 1.27. The molecule has 3 aromatic carbocycles. The highest BCUT2D eigenvalue weighted by Gasteiger charge is 2.18. The number of carbonyl (C=O) groups is 1. The quantitative estimate of drug-likeness (QED) is 0.502. The highest BCUT2D eigenvalue weighted by Crippen LogP contribution is 2.37. The number of rotatable bonds is 3. The minimum absolute atomic E-state index is 0.187. The Balaban J connectivity index is 1.42. The van der Waals surface area contributed by atoms with Crippen LogP contribution in [0.3, 0.4) is 0 Å². The van der Waals surface area contributed by atoms with Gasteiger partial charge in [-0.05, 0) is 52.9 Å². The summed E-state index contributed by atoms with van der Waals surface area (Å²) in [5.41, 5.74) is 4.90. The van der Waals surface area contributed by atoms with Gasteiger partial charge in [0.25, 0.3) is 5.56 Å². The molecule has 0 saturated heterocycles. The number of para-hydroxylation sites is 1. The van der Waals surface area contributed by atoms with Crippen molar-refractivity contribution in [1.29, 1.82) is 0 Å². The van der Waals surface area contributed by atoms with Gasteiger partial charge < -0.3 is 5.32 Å². The Kier molecular flexibility index (Phi) is 3.91. The van der Waals surface area contributed by atoms with Gasteiger partial charge in [-0.2, -0.15) is 0 Å². The average molecular weight is 383 g/mol. The van der Waals surface area contributed by atoms with E-state index in [-0.39, 0.29) is 12.5 Å². The summed E-state index contributed by atoms with van der Waals surface area (Å²) in [7, 11) is 0. The van der Waals surface area contributed by atoms with Crippen molar-refractivity contribution in [3.63, 3.8) is 0 Å². The lowest BCUT2D eigenvalue weighted by atomic mass is 10.1. The van der Waals surface area contributed by atoms with E-state index in [0.29, 0.717) is 16.6 Å². The Morgan fingerprint density at radius 2 is 1.69 bits per heavy atom. The van der Waals surface area contributed by atoms with Crippen LogP contribution in [0.15, 0.2) is 76.3 Å². The summed E-state index contributed by atoms with van der Waals surface area (Å²) in [4.78, 5) is 39.1. The second-order valence-corrected chi connectivity index (χ2v) is 7.12. The van der Waals surface area contributed by atoms with Gasteiger partial charge in [-0.25, -0.2) is 4.79 Å². The van der Waals surface area contributed by atoms with E-state index in [1.165, 1.54) is 21.3 Å². The van der Waals surface area contributed by atoms with Gasteiger partial charge in [-0.15, -0.1) is 0 Å². The lowest BCUT2D eigenvalue weighted by Crippen LogP contribution is -2.34. The predicted molar refractivity (Wildman–Crippen MR) is 112 cm³/mol. The zero-order valence-electron chi connectivity index (χ0n) is 15.4. The molecule has 1 heterocycles. The fourth-order valence-electron chi connectivity index (χ4n) is 3.97. The smallest absolute Gasteiger partial charge is 0.325 e. The van der Waals surface area contributed by atoms with Crippen LogP contribution < -0.4 is 16.6 Å². The number of carbonyl (C=O) groups excluding carboxylic acids is 1. The maximum atomic E-state index is 12.6. The van der Waals surface area contributed by atoms with Crippen molar-refractivity contribution >= 4 is 22.5 Å². The van der Waals surface area contributed by atoms with Gasteiger partial charge in [0.2, 0.25) is 5.91 Å². The largest absolute Gasteiger partial charge is 0.329 e. The average Bonchev–Trinajstić information content (AvgIpc) is 3.09. The molecule has 0 spiro atoms. The van der Waals surface area contributed by atoms with Crippen molar-refractivity contribution in [3.05, 3.63) is 98.7 Å². The monoisotopic (exact) mass is 383 g/mol. The Labute approximate surface area is 165 Å². The number of benzene rings is 3. The molecule has 5 rings (SSSR count). The Bertz CT molecular complexity index is 1400. The van der Waals surface area contributed by atoms with Crippen LogP contribution in [0.5, 0.6) is 0 Å². The van der Waals surface area contributed by atoms with Crippen LogP contribution in [0.4, 0.5) is 5.69 Å². The molecule has 1 amide bonds. The maximum absolute atomic E-state index is 12.6. The van der Waals surface area contributed by atoms with E-state index in [1.807, 2.05) is 30.3 Å². The van der Waals surface area contributed by atoms with Crippen LogP contribution in [0.1, 0.15) is 11.1 Å². The molecule has 0 atom stereocenters. The molecule has 4 aromatic rings. The zero-order valence-corrected chi connectivity index (χ0v) is 15.4. The van der Waals surface area contributed by atoms with Crippen molar-refractivity contribution < 1.29 is 4.79 Å². The Morgan fingerprint density at radius 1 is 0.931 bits per heavy atom. The first-order valence-electron chi connectivity index (χ1n) is 9.33. The molecule has 0 bridgehead atoms. The number of hydrogen-bond donors (Lipinski definition) is 2. The fraction of sp³-hybridized carbons (Fsp3) is 0.0870. The minimum atomic E-state index is -0.603. The highest BCUT2D eigenvalue weighted by molar-refractivity contribution is 5.92. The summed E-state index contributed by atoms with van der Waals surface area (Å²) in [5, 5.41) is 3.23. The zero-order chi connectivity index (χ0) is 20.0. The molecule has 29 heavy (non-hydrogen) atoms. The first-order chi connectivity index (χ1) is 14.1. The van der Waals surface area contributed by atoms with Crippen molar-refractivity contribution in [2.45, 2.75) is 13.0 Å². The summed E-state index contributed by atoms with van der Waals surface area (Å²) in [6.45, 7) is -0.187. The molecule has 0 unspecified atom stereocenters. The lowest BCUT2D eigenvalue weighted by molar-refractivity contribution is -0.116. The molecule has 142 valence electrons. The maximum Gasteiger partial charge on any atom is 0.329 e. The third-order valence-electron chi connectivity index (χ3n) is 5.28. The molecular formula is C23H17N3O3. The van der Waals surface area contributed by atoms with Gasteiger partial charge in [0.05, 0.1) is 10.9 Å². The number of nitrogens with one attached hydrogen (secondary N) is 2. The third-order valence-corrected chi connectivity index (χ3v) is 5.28. The van der Waals surface area contributed by atoms with Gasteiger partial charge in [0.1, 0.15) is 6.54 Å². The van der Waals surface area contributed by atoms with Crippen molar-refractivity contribution in [1.82, 2.24) is 9.55 Å². The van der Waals surface area contributed by atoms with Crippen molar-refractivity contribution in [3.8, 4) is 11.1 Å². The van der Waals surface area contributed by atoms with Crippen molar-refractivity contribution in [2.75, 3.05) is 5.32 Å². The van der Waals surface area contributed by atoms with Crippen LogP contribution >= 0.6 is 0 Å². The van der Waals surface area contributed by atoms with E-state index >= 15 is 0 Å². The number of amides is 1. The van der Waals surface area contributed by atoms with Crippen molar-refractivity contribution in [2.24, 2.45) is 0 Å². The SMILES string of the molecule is O=C(Cn1c(=O)[nH]c(=O)c2ccccc21)Nc1ccc2c(c1)Cc1ccccc1-2. The van der Waals surface area contributed by atoms with E-state index in [1.54, 1.807) is 24.3 Å². The molecule has 1 aromatic heterocycles. The lowest BCUT2D eigenvalue weighted by Gasteiger charge is -2.11. The highest BCUT2D eigenvalue weighted by atomic mass is 16.2. The summed E-state index contributed by atoms with van der Waals surface area (Å²) in [6, 6.07) is 20.9. The molecule has 0 fully saturated rings. The molecule has 0 saturated carbocycles. The van der Waals surface area contributed by atoms with Gasteiger partial charge in [-0.1, -0.05) is 42.5 Å². The number of aromatic amines is 1. The molecule has 6 heteroatoms. The van der Waals surface area contributed by atoms with E-state index in [2.05, 4.69) is 22.4 Å². The van der Waals surface area contributed by atoms with Gasteiger partial charge in [0.15, 0.2) is 0 Å². The van der Waals surface area contributed by atoms with E-state index in [0.717, 1.165) is 12.0 Å². The Morgan fingerprint density at radius 3 is 2.59 bits per heavy atom. The fourth-order valence-corrected chi connectivity index (χ4v) is 3.97. The third kappa shape index (κ3) is 2.95. The normalized spacial score (nSPS) is 11.9. The van der Waals surface area contributed by atoms with Crippen LogP contribution in [-0.2, 0) is 17.8 Å². The minimum Gasteiger partial charge on any atom is -0.325 e. The molecule has 0 radical (unpaired) electrons. The van der Waals surface area contributed by atoms with E-state index in [9.17, 15) is 14.4 Å². The second-order valence-electron chi connectivity index (χ2n) is 7.12. The number of aromatic nitrogens is 2. The van der Waals surface area contributed by atoms with Gasteiger partial charge >= 0.3 is 5.69 Å². The molecule has 1 aliphatic rings. The molecule has 0 aliphatic heterocycles. The first kappa shape index (κ1) is 17.2. The molecule has 2 N–H and O–H groups in total. The van der Waals surface area contributed by atoms with E-state index in [4.69, 9.17) is 0 Å². The van der Waals surface area contributed by atoms with Gasteiger partial charge in [-0.3, -0.25) is 19.1 Å². The first-order valence-corrected chi connectivity index (χ1v) is 9.33. The number of nitrogens with zero attached hydrogens (tertiary/aromatic N) is 1. The van der Waals surface area contributed by atoms with Crippen LogP contribution in [0, 0.1) is 0 Å².